The van der Waals surface area contributed by atoms with Crippen LogP contribution in [0.15, 0.2) is 29.8 Å². The molecular formula is C22H24N4O5S. The minimum atomic E-state index is -3.77. The van der Waals surface area contributed by atoms with Gasteiger partial charge in [-0.2, -0.15) is 4.31 Å². The summed E-state index contributed by atoms with van der Waals surface area (Å²) in [5.74, 6) is 5.11. The fraction of sp³-hybridized carbons (Fsp3) is 0.409. The molecule has 0 radical (unpaired) electrons. The van der Waals surface area contributed by atoms with Crippen LogP contribution in [0, 0.1) is 11.8 Å². The van der Waals surface area contributed by atoms with Gasteiger partial charge in [-0.25, -0.2) is 13.2 Å². The summed E-state index contributed by atoms with van der Waals surface area (Å²) in [6.45, 7) is 2.43. The number of hydrogen-bond acceptors (Lipinski definition) is 5. The van der Waals surface area contributed by atoms with Crippen molar-refractivity contribution in [3.63, 3.8) is 0 Å². The van der Waals surface area contributed by atoms with Crippen LogP contribution in [-0.4, -0.2) is 73.4 Å². The Hall–Kier alpha value is -3.16. The van der Waals surface area contributed by atoms with Crippen molar-refractivity contribution in [2.24, 2.45) is 0 Å². The highest BCUT2D eigenvalue weighted by Crippen LogP contribution is 2.22. The molecule has 3 aliphatic rings. The normalized spacial score (nSPS) is 23.6. The number of likely N-dealkylation sites (N-methyl/N-ethyl adjacent to an activating group) is 1. The average molecular weight is 457 g/mol. The molecular weight excluding hydrogens is 432 g/mol. The van der Waals surface area contributed by atoms with E-state index in [0.717, 1.165) is 23.1 Å². The maximum Gasteiger partial charge on any atom is 0.322 e. The Balaban J connectivity index is 1.47. The van der Waals surface area contributed by atoms with Gasteiger partial charge in [-0.05, 0) is 37.5 Å². The van der Waals surface area contributed by atoms with Crippen molar-refractivity contribution in [1.82, 2.24) is 19.8 Å². The molecule has 10 heteroatoms. The number of rotatable bonds is 3. The maximum absolute atomic E-state index is 12.8. The van der Waals surface area contributed by atoms with E-state index >= 15 is 0 Å². The lowest BCUT2D eigenvalue weighted by Crippen LogP contribution is -2.52. The predicted octanol–water partition coefficient (Wildman–Crippen LogP) is 0.226. The van der Waals surface area contributed by atoms with Crippen molar-refractivity contribution in [2.45, 2.75) is 25.3 Å². The molecule has 0 spiro atoms. The average Bonchev–Trinajstić information content (AvgIpc) is 2.99. The van der Waals surface area contributed by atoms with Crippen LogP contribution in [0.5, 0.6) is 0 Å². The van der Waals surface area contributed by atoms with Crippen LogP contribution in [-0.2, 0) is 21.2 Å². The third kappa shape index (κ3) is 4.13. The minimum absolute atomic E-state index is 0.00606. The Morgan fingerprint density at radius 3 is 2.56 bits per heavy atom. The Morgan fingerprint density at radius 2 is 1.91 bits per heavy atom. The van der Waals surface area contributed by atoms with Gasteiger partial charge in [0.2, 0.25) is 10.0 Å². The molecule has 0 aliphatic carbocycles. The number of amides is 4. The molecule has 168 valence electrons. The summed E-state index contributed by atoms with van der Waals surface area (Å²) in [6.07, 6.45) is 2.95. The van der Waals surface area contributed by atoms with Crippen molar-refractivity contribution >= 4 is 27.9 Å². The molecule has 9 nitrogen and oxygen atoms in total. The molecule has 1 aromatic carbocycles. The first-order valence-electron chi connectivity index (χ1n) is 10.3. The zero-order valence-corrected chi connectivity index (χ0v) is 18.7. The van der Waals surface area contributed by atoms with Gasteiger partial charge in [0.25, 0.3) is 11.8 Å². The van der Waals surface area contributed by atoms with Crippen LogP contribution in [0.4, 0.5) is 4.79 Å². The summed E-state index contributed by atoms with van der Waals surface area (Å²) in [5.41, 5.74) is 1.78. The standard InChI is InChI=1S/C22H24N4O5S/c1-22(20(28)23-21(29)24-22)14-32(30,31)26-12-8-15(9-13-26)6-7-16-4-3-5-18-17(16)10-11-25(2)19(18)27/h3-5,8H,9-14H2,1-2H3,(H2,23,24,28,29). The second-order valence-electron chi connectivity index (χ2n) is 8.39. The zero-order chi connectivity index (χ0) is 23.1. The molecule has 1 aromatic rings. The number of carbonyl (C=O) groups is 3. The minimum Gasteiger partial charge on any atom is -0.341 e. The summed E-state index contributed by atoms with van der Waals surface area (Å²) in [4.78, 5) is 37.4. The van der Waals surface area contributed by atoms with Gasteiger partial charge in [0.05, 0.1) is 5.75 Å². The van der Waals surface area contributed by atoms with Crippen LogP contribution in [0.2, 0.25) is 0 Å². The monoisotopic (exact) mass is 456 g/mol. The lowest BCUT2D eigenvalue weighted by Gasteiger charge is -2.28. The maximum atomic E-state index is 12.8. The van der Waals surface area contributed by atoms with E-state index in [2.05, 4.69) is 22.5 Å². The molecule has 32 heavy (non-hydrogen) atoms. The van der Waals surface area contributed by atoms with Gasteiger partial charge < -0.3 is 10.2 Å². The summed E-state index contributed by atoms with van der Waals surface area (Å²) in [7, 11) is -1.99. The molecule has 0 bridgehead atoms. The summed E-state index contributed by atoms with van der Waals surface area (Å²) in [5, 5.41) is 4.46. The van der Waals surface area contributed by atoms with E-state index in [1.807, 2.05) is 18.2 Å². The van der Waals surface area contributed by atoms with Gasteiger partial charge in [-0.1, -0.05) is 24.0 Å². The number of nitrogens with one attached hydrogen (secondary N) is 2. The fourth-order valence-electron chi connectivity index (χ4n) is 4.06. The molecule has 1 saturated heterocycles. The summed E-state index contributed by atoms with van der Waals surface area (Å²) >= 11 is 0. The molecule has 3 aliphatic heterocycles. The molecule has 0 aromatic heterocycles. The van der Waals surface area contributed by atoms with E-state index in [-0.39, 0.29) is 19.0 Å². The highest BCUT2D eigenvalue weighted by atomic mass is 32.2. The first kappa shape index (κ1) is 22.0. The third-order valence-corrected chi connectivity index (χ3v) is 8.02. The van der Waals surface area contributed by atoms with Crippen LogP contribution in [0.3, 0.4) is 0 Å². The van der Waals surface area contributed by atoms with E-state index in [0.29, 0.717) is 18.5 Å². The number of carbonyl (C=O) groups excluding carboxylic acids is 3. The SMILES string of the molecule is CN1CCc2c(C#CC3=CCN(S(=O)(=O)CC4(C)NC(=O)NC4=O)CC3)cccc2C1=O. The Labute approximate surface area is 186 Å². The largest absolute Gasteiger partial charge is 0.341 e. The van der Waals surface area contributed by atoms with Crippen molar-refractivity contribution in [1.29, 1.82) is 0 Å². The van der Waals surface area contributed by atoms with Crippen molar-refractivity contribution in [3.05, 3.63) is 46.5 Å². The predicted molar refractivity (Wildman–Crippen MR) is 117 cm³/mol. The fourth-order valence-corrected chi connectivity index (χ4v) is 5.85. The smallest absolute Gasteiger partial charge is 0.322 e. The quantitative estimate of drug-likeness (QED) is 0.499. The number of nitrogens with zero attached hydrogens (tertiary/aromatic N) is 2. The van der Waals surface area contributed by atoms with E-state index in [1.54, 1.807) is 18.0 Å². The second kappa shape index (κ2) is 8.07. The first-order valence-corrected chi connectivity index (χ1v) is 11.9. The lowest BCUT2D eigenvalue weighted by atomic mass is 9.94. The summed E-state index contributed by atoms with van der Waals surface area (Å²) < 4.78 is 26.9. The molecule has 4 amide bonds. The van der Waals surface area contributed by atoms with E-state index in [9.17, 15) is 22.8 Å². The Morgan fingerprint density at radius 1 is 1.12 bits per heavy atom. The number of sulfonamides is 1. The second-order valence-corrected chi connectivity index (χ2v) is 10.4. The molecule has 1 atom stereocenters. The highest BCUT2D eigenvalue weighted by Gasteiger charge is 2.46. The van der Waals surface area contributed by atoms with E-state index in [1.165, 1.54) is 11.2 Å². The van der Waals surface area contributed by atoms with Gasteiger partial charge in [-0.15, -0.1) is 0 Å². The molecule has 1 fully saturated rings. The van der Waals surface area contributed by atoms with E-state index < -0.39 is 33.3 Å². The Bertz CT molecular complexity index is 1210. The molecule has 2 N–H and O–H groups in total. The topological polar surface area (TPSA) is 116 Å². The van der Waals surface area contributed by atoms with Crippen LogP contribution >= 0.6 is 0 Å². The van der Waals surface area contributed by atoms with Crippen molar-refractivity contribution < 1.29 is 22.8 Å². The van der Waals surface area contributed by atoms with Gasteiger partial charge >= 0.3 is 6.03 Å². The van der Waals surface area contributed by atoms with Gasteiger partial charge in [-0.3, -0.25) is 14.9 Å². The number of fused-ring (bicyclic) bond motifs is 1. The lowest BCUT2D eigenvalue weighted by molar-refractivity contribution is -0.122. The number of hydrogen-bond donors (Lipinski definition) is 2. The number of imide groups is 1. The van der Waals surface area contributed by atoms with Crippen molar-refractivity contribution in [2.75, 3.05) is 32.4 Å². The van der Waals surface area contributed by atoms with Crippen LogP contribution in [0.25, 0.3) is 0 Å². The number of urea groups is 1. The first-order chi connectivity index (χ1) is 15.1. The highest BCUT2D eigenvalue weighted by molar-refractivity contribution is 7.89. The molecule has 3 heterocycles. The molecule has 0 saturated carbocycles. The van der Waals surface area contributed by atoms with Gasteiger partial charge in [0.1, 0.15) is 5.54 Å². The zero-order valence-electron chi connectivity index (χ0n) is 17.9. The number of benzene rings is 1. The van der Waals surface area contributed by atoms with Gasteiger partial charge in [0, 0.05) is 43.4 Å². The third-order valence-electron chi connectivity index (χ3n) is 5.96. The van der Waals surface area contributed by atoms with Crippen LogP contribution in [0.1, 0.15) is 34.8 Å². The Kier molecular flexibility index (Phi) is 5.56. The van der Waals surface area contributed by atoms with Gasteiger partial charge in [0.15, 0.2) is 0 Å². The molecule has 1 unspecified atom stereocenters. The van der Waals surface area contributed by atoms with Crippen molar-refractivity contribution in [3.8, 4) is 11.8 Å². The molecule has 4 rings (SSSR count). The van der Waals surface area contributed by atoms with E-state index in [4.69, 9.17) is 0 Å². The van der Waals surface area contributed by atoms with Crippen LogP contribution < -0.4 is 10.6 Å². The summed E-state index contributed by atoms with van der Waals surface area (Å²) in [6, 6.07) is 4.84.